The van der Waals surface area contributed by atoms with Crippen LogP contribution in [0.15, 0.2) is 48.5 Å². The van der Waals surface area contributed by atoms with Gasteiger partial charge in [-0.3, -0.25) is 5.10 Å². The van der Waals surface area contributed by atoms with Crippen LogP contribution in [0.25, 0.3) is 11.1 Å². The van der Waals surface area contributed by atoms with Crippen LogP contribution in [0.2, 0.25) is 0 Å². The first-order chi connectivity index (χ1) is 10.2. The van der Waals surface area contributed by atoms with Crippen molar-refractivity contribution < 1.29 is 4.74 Å². The Labute approximate surface area is 122 Å². The lowest BCUT2D eigenvalue weighted by molar-refractivity contribution is 0.296. The van der Waals surface area contributed by atoms with E-state index in [4.69, 9.17) is 10.5 Å². The van der Waals surface area contributed by atoms with Crippen LogP contribution in [0.5, 0.6) is 5.75 Å². The van der Waals surface area contributed by atoms with Crippen molar-refractivity contribution in [3.63, 3.8) is 0 Å². The van der Waals surface area contributed by atoms with Gasteiger partial charge in [-0.25, -0.2) is 0 Å². The lowest BCUT2D eigenvalue weighted by Gasteiger charge is -2.06. The first kappa shape index (κ1) is 13.2. The summed E-state index contributed by atoms with van der Waals surface area (Å²) in [4.78, 5) is 3.99. The number of ether oxygens (including phenoxy) is 1. The molecule has 0 fully saturated rings. The zero-order valence-electron chi connectivity index (χ0n) is 11.7. The number of nitrogen functional groups attached to an aromatic ring is 1. The molecule has 3 aromatic rings. The second kappa shape index (κ2) is 5.66. The summed E-state index contributed by atoms with van der Waals surface area (Å²) >= 11 is 0. The summed E-state index contributed by atoms with van der Waals surface area (Å²) in [5, 5.41) is 6.46. The second-order valence-electron chi connectivity index (χ2n) is 4.82. The third kappa shape index (κ3) is 3.20. The quantitative estimate of drug-likeness (QED) is 0.770. The highest BCUT2D eigenvalue weighted by Crippen LogP contribution is 2.23. The maximum Gasteiger partial charge on any atom is 0.239 e. The van der Waals surface area contributed by atoms with E-state index < -0.39 is 0 Å². The predicted molar refractivity (Wildman–Crippen MR) is 81.7 cm³/mol. The minimum Gasteiger partial charge on any atom is -0.486 e. The molecule has 0 atom stereocenters. The van der Waals surface area contributed by atoms with E-state index in [1.54, 1.807) is 0 Å². The van der Waals surface area contributed by atoms with E-state index in [9.17, 15) is 0 Å². The Balaban J connectivity index is 1.67. The van der Waals surface area contributed by atoms with Gasteiger partial charge in [0, 0.05) is 0 Å². The van der Waals surface area contributed by atoms with E-state index in [1.165, 1.54) is 11.1 Å². The van der Waals surface area contributed by atoms with Crippen LogP contribution >= 0.6 is 0 Å². The molecule has 0 aliphatic heterocycles. The molecule has 106 valence electrons. The number of H-pyrrole nitrogens is 1. The minimum absolute atomic E-state index is 0.225. The summed E-state index contributed by atoms with van der Waals surface area (Å²) < 4.78 is 5.63. The van der Waals surface area contributed by atoms with Crippen molar-refractivity contribution in [2.24, 2.45) is 0 Å². The fourth-order valence-corrected chi connectivity index (χ4v) is 2.02. The zero-order valence-corrected chi connectivity index (χ0v) is 11.7. The molecule has 0 unspecified atom stereocenters. The molecule has 3 N–H and O–H groups in total. The molecule has 0 saturated carbocycles. The Bertz CT molecular complexity index is 717. The smallest absolute Gasteiger partial charge is 0.239 e. The number of aromatic nitrogens is 3. The first-order valence-corrected chi connectivity index (χ1v) is 6.67. The number of rotatable bonds is 4. The molecule has 0 bridgehead atoms. The van der Waals surface area contributed by atoms with Crippen molar-refractivity contribution in [2.75, 3.05) is 5.73 Å². The summed E-state index contributed by atoms with van der Waals surface area (Å²) in [5.74, 6) is 1.61. The monoisotopic (exact) mass is 280 g/mol. The Kier molecular flexibility index (Phi) is 3.55. The molecule has 21 heavy (non-hydrogen) atoms. The van der Waals surface area contributed by atoms with E-state index in [-0.39, 0.29) is 5.95 Å². The average molecular weight is 280 g/mol. The van der Waals surface area contributed by atoms with Crippen LogP contribution in [-0.2, 0) is 6.61 Å². The standard InChI is InChI=1S/C16H16N4O/c1-11-2-4-12(5-3-11)13-6-8-14(9-7-13)21-10-15-18-16(17)20-19-15/h2-9H,10H2,1H3,(H3,17,18,19,20). The molecule has 5 heteroatoms. The molecule has 3 rings (SSSR count). The van der Waals surface area contributed by atoms with E-state index in [2.05, 4.69) is 46.4 Å². The summed E-state index contributed by atoms with van der Waals surface area (Å²) in [6, 6.07) is 16.4. The molecule has 0 amide bonds. The molecule has 2 aromatic carbocycles. The zero-order chi connectivity index (χ0) is 14.7. The van der Waals surface area contributed by atoms with Crippen LogP contribution in [0.4, 0.5) is 5.95 Å². The Morgan fingerprint density at radius 2 is 1.62 bits per heavy atom. The minimum atomic E-state index is 0.225. The molecule has 0 aliphatic carbocycles. The number of aryl methyl sites for hydroxylation is 1. The van der Waals surface area contributed by atoms with Crippen molar-refractivity contribution in [3.8, 4) is 16.9 Å². The van der Waals surface area contributed by atoms with E-state index in [0.717, 1.165) is 11.3 Å². The fraction of sp³-hybridized carbons (Fsp3) is 0.125. The van der Waals surface area contributed by atoms with Gasteiger partial charge in [0.15, 0.2) is 5.82 Å². The molecular formula is C16H16N4O. The van der Waals surface area contributed by atoms with Gasteiger partial charge >= 0.3 is 0 Å². The van der Waals surface area contributed by atoms with Crippen molar-refractivity contribution in [3.05, 3.63) is 59.9 Å². The average Bonchev–Trinajstić information content (AvgIpc) is 2.92. The molecule has 0 aliphatic rings. The summed E-state index contributed by atoms with van der Waals surface area (Å²) in [6.07, 6.45) is 0. The maximum absolute atomic E-state index is 5.63. The number of hydrogen-bond acceptors (Lipinski definition) is 4. The van der Waals surface area contributed by atoms with Crippen LogP contribution in [0, 0.1) is 6.92 Å². The maximum atomic E-state index is 5.63. The van der Waals surface area contributed by atoms with Crippen LogP contribution in [0.1, 0.15) is 11.4 Å². The number of nitrogens with zero attached hydrogens (tertiary/aromatic N) is 2. The number of aromatic amines is 1. The van der Waals surface area contributed by atoms with E-state index >= 15 is 0 Å². The molecular weight excluding hydrogens is 264 g/mol. The van der Waals surface area contributed by atoms with Gasteiger partial charge in [0.1, 0.15) is 12.4 Å². The van der Waals surface area contributed by atoms with Crippen molar-refractivity contribution in [1.82, 2.24) is 15.2 Å². The lowest BCUT2D eigenvalue weighted by atomic mass is 10.0. The van der Waals surface area contributed by atoms with E-state index in [0.29, 0.717) is 12.4 Å². The third-order valence-electron chi connectivity index (χ3n) is 3.16. The number of anilines is 1. The molecule has 1 aromatic heterocycles. The van der Waals surface area contributed by atoms with Gasteiger partial charge in [-0.1, -0.05) is 42.0 Å². The van der Waals surface area contributed by atoms with Gasteiger partial charge in [-0.05, 0) is 30.2 Å². The van der Waals surface area contributed by atoms with Gasteiger partial charge < -0.3 is 10.5 Å². The normalized spacial score (nSPS) is 10.5. The second-order valence-corrected chi connectivity index (χ2v) is 4.82. The molecule has 0 spiro atoms. The number of nitrogens with two attached hydrogens (primary N) is 1. The Morgan fingerprint density at radius 3 is 2.19 bits per heavy atom. The van der Waals surface area contributed by atoms with Crippen LogP contribution < -0.4 is 10.5 Å². The largest absolute Gasteiger partial charge is 0.486 e. The molecule has 0 saturated heterocycles. The lowest BCUT2D eigenvalue weighted by Crippen LogP contribution is -1.97. The van der Waals surface area contributed by atoms with Gasteiger partial charge in [0.2, 0.25) is 5.95 Å². The van der Waals surface area contributed by atoms with Crippen molar-refractivity contribution >= 4 is 5.95 Å². The number of benzene rings is 2. The van der Waals surface area contributed by atoms with E-state index in [1.807, 2.05) is 24.3 Å². The highest BCUT2D eigenvalue weighted by molar-refractivity contribution is 5.64. The summed E-state index contributed by atoms with van der Waals surface area (Å²) in [6.45, 7) is 2.39. The fourth-order valence-electron chi connectivity index (χ4n) is 2.02. The summed E-state index contributed by atoms with van der Waals surface area (Å²) in [7, 11) is 0. The van der Waals surface area contributed by atoms with Crippen molar-refractivity contribution in [2.45, 2.75) is 13.5 Å². The summed E-state index contributed by atoms with van der Waals surface area (Å²) in [5.41, 5.74) is 9.04. The molecule has 5 nitrogen and oxygen atoms in total. The van der Waals surface area contributed by atoms with Gasteiger partial charge in [-0.2, -0.15) is 4.98 Å². The number of hydrogen-bond donors (Lipinski definition) is 2. The van der Waals surface area contributed by atoms with Gasteiger partial charge in [-0.15, -0.1) is 5.10 Å². The van der Waals surface area contributed by atoms with Gasteiger partial charge in [0.25, 0.3) is 0 Å². The molecule has 0 radical (unpaired) electrons. The van der Waals surface area contributed by atoms with Gasteiger partial charge in [0.05, 0.1) is 0 Å². The first-order valence-electron chi connectivity index (χ1n) is 6.67. The SMILES string of the molecule is Cc1ccc(-c2ccc(OCc3nc(N)n[nH]3)cc2)cc1. The number of nitrogens with one attached hydrogen (secondary N) is 1. The Hall–Kier alpha value is -2.82. The predicted octanol–water partition coefficient (Wildman–Crippen LogP) is 2.94. The van der Waals surface area contributed by atoms with Crippen LogP contribution in [-0.4, -0.2) is 15.2 Å². The highest BCUT2D eigenvalue weighted by Gasteiger charge is 2.02. The van der Waals surface area contributed by atoms with Crippen molar-refractivity contribution in [1.29, 1.82) is 0 Å². The highest BCUT2D eigenvalue weighted by atomic mass is 16.5. The van der Waals surface area contributed by atoms with Crippen LogP contribution in [0.3, 0.4) is 0 Å². The third-order valence-corrected chi connectivity index (χ3v) is 3.16. The molecule has 1 heterocycles. The topological polar surface area (TPSA) is 76.8 Å². The Morgan fingerprint density at radius 1 is 1.00 bits per heavy atom.